The van der Waals surface area contributed by atoms with Crippen LogP contribution in [0.1, 0.15) is 30.0 Å². The highest BCUT2D eigenvalue weighted by atomic mass is 16.5. The molecule has 1 saturated heterocycles. The average Bonchev–Trinajstić information content (AvgIpc) is 3.39. The van der Waals surface area contributed by atoms with E-state index in [2.05, 4.69) is 29.2 Å². The molecule has 1 aliphatic rings. The molecule has 4 aromatic rings. The second kappa shape index (κ2) is 8.42. The van der Waals surface area contributed by atoms with Crippen molar-refractivity contribution in [3.05, 3.63) is 83.9 Å². The molecule has 0 radical (unpaired) electrons. The predicted octanol–water partition coefficient (Wildman–Crippen LogP) is 5.72. The van der Waals surface area contributed by atoms with Crippen molar-refractivity contribution < 1.29 is 14.3 Å². The van der Waals surface area contributed by atoms with E-state index >= 15 is 0 Å². The van der Waals surface area contributed by atoms with Gasteiger partial charge in [-0.1, -0.05) is 48.5 Å². The zero-order valence-corrected chi connectivity index (χ0v) is 18.3. The minimum atomic E-state index is -0.0234. The summed E-state index contributed by atoms with van der Waals surface area (Å²) in [4.78, 5) is 18.6. The molecule has 1 aliphatic heterocycles. The first-order valence-corrected chi connectivity index (χ1v) is 10.9. The van der Waals surface area contributed by atoms with Crippen LogP contribution in [0.4, 0.5) is 0 Å². The number of fused-ring (bicyclic) bond motifs is 1. The standard InChI is InChI=1S/C27H26N2O3/c1-31-19-12-14-24(32-2)21(16-19)27-26(20-10-6-7-11-22(20)28-27)23-13-15-25(30)29(23)17-18-8-4-3-5-9-18/h3-12,14,16,23,28H,13,15,17H2,1-2H3/t23-/m1/s1. The topological polar surface area (TPSA) is 54.6 Å². The molecular formula is C27H26N2O3. The van der Waals surface area contributed by atoms with Crippen molar-refractivity contribution >= 4 is 16.8 Å². The molecule has 1 fully saturated rings. The van der Waals surface area contributed by atoms with Crippen LogP contribution in [0.15, 0.2) is 72.8 Å². The van der Waals surface area contributed by atoms with Gasteiger partial charge in [0.15, 0.2) is 0 Å². The van der Waals surface area contributed by atoms with Crippen molar-refractivity contribution in [1.29, 1.82) is 0 Å². The quantitative estimate of drug-likeness (QED) is 0.429. The van der Waals surface area contributed by atoms with Crippen LogP contribution in [-0.4, -0.2) is 30.0 Å². The third-order valence-corrected chi connectivity index (χ3v) is 6.28. The number of aromatic nitrogens is 1. The minimum absolute atomic E-state index is 0.0234. The lowest BCUT2D eigenvalue weighted by Gasteiger charge is -2.26. The average molecular weight is 427 g/mol. The van der Waals surface area contributed by atoms with Crippen LogP contribution in [-0.2, 0) is 11.3 Å². The van der Waals surface area contributed by atoms with Crippen LogP contribution >= 0.6 is 0 Å². The fraction of sp³-hybridized carbons (Fsp3) is 0.222. The van der Waals surface area contributed by atoms with E-state index in [-0.39, 0.29) is 11.9 Å². The maximum Gasteiger partial charge on any atom is 0.223 e. The summed E-state index contributed by atoms with van der Waals surface area (Å²) in [6, 6.07) is 24.2. The zero-order chi connectivity index (χ0) is 22.1. The highest BCUT2D eigenvalue weighted by Gasteiger charge is 2.36. The highest BCUT2D eigenvalue weighted by Crippen LogP contribution is 2.45. The molecule has 162 valence electrons. The molecule has 1 amide bonds. The van der Waals surface area contributed by atoms with Crippen LogP contribution < -0.4 is 9.47 Å². The van der Waals surface area contributed by atoms with Gasteiger partial charge in [-0.25, -0.2) is 0 Å². The Balaban J connectivity index is 1.68. The van der Waals surface area contributed by atoms with Gasteiger partial charge in [0.2, 0.25) is 5.91 Å². The molecule has 0 spiro atoms. The molecular weight excluding hydrogens is 400 g/mol. The fourth-order valence-corrected chi connectivity index (χ4v) is 4.74. The van der Waals surface area contributed by atoms with Crippen LogP contribution in [0, 0.1) is 0 Å². The van der Waals surface area contributed by atoms with Crippen LogP contribution in [0.5, 0.6) is 11.5 Å². The molecule has 5 heteroatoms. The van der Waals surface area contributed by atoms with Gasteiger partial charge in [-0.2, -0.15) is 0 Å². The Bertz CT molecular complexity index is 1260. The van der Waals surface area contributed by atoms with Gasteiger partial charge in [-0.3, -0.25) is 4.79 Å². The summed E-state index contributed by atoms with van der Waals surface area (Å²) >= 11 is 0. The maximum atomic E-state index is 13.0. The number of carbonyl (C=O) groups excluding carboxylic acids is 1. The summed E-state index contributed by atoms with van der Waals surface area (Å²) in [5.41, 5.74) is 5.21. The summed E-state index contributed by atoms with van der Waals surface area (Å²) < 4.78 is 11.2. The lowest BCUT2D eigenvalue weighted by Crippen LogP contribution is -2.27. The van der Waals surface area contributed by atoms with Gasteiger partial charge in [-0.15, -0.1) is 0 Å². The molecule has 0 saturated carbocycles. The number of hydrogen-bond acceptors (Lipinski definition) is 3. The van der Waals surface area contributed by atoms with E-state index in [1.165, 1.54) is 0 Å². The second-order valence-electron chi connectivity index (χ2n) is 8.09. The van der Waals surface area contributed by atoms with Crippen LogP contribution in [0.2, 0.25) is 0 Å². The molecule has 0 bridgehead atoms. The summed E-state index contributed by atoms with van der Waals surface area (Å²) in [5, 5.41) is 1.13. The Morgan fingerprint density at radius 3 is 2.53 bits per heavy atom. The van der Waals surface area contributed by atoms with Crippen molar-refractivity contribution in [2.45, 2.75) is 25.4 Å². The molecule has 0 unspecified atom stereocenters. The molecule has 1 N–H and O–H groups in total. The van der Waals surface area contributed by atoms with Gasteiger partial charge in [0.1, 0.15) is 11.5 Å². The number of ether oxygens (including phenoxy) is 2. The summed E-state index contributed by atoms with van der Waals surface area (Å²) in [5.74, 6) is 1.71. The second-order valence-corrected chi connectivity index (χ2v) is 8.09. The minimum Gasteiger partial charge on any atom is -0.497 e. The van der Waals surface area contributed by atoms with Crippen molar-refractivity contribution in [3.63, 3.8) is 0 Å². The Labute approximate surface area is 187 Å². The molecule has 5 nitrogen and oxygen atoms in total. The van der Waals surface area contributed by atoms with Gasteiger partial charge < -0.3 is 19.4 Å². The first kappa shape index (κ1) is 20.2. The van der Waals surface area contributed by atoms with E-state index in [0.29, 0.717) is 13.0 Å². The lowest BCUT2D eigenvalue weighted by molar-refractivity contribution is -0.129. The van der Waals surface area contributed by atoms with E-state index in [0.717, 1.165) is 51.2 Å². The zero-order valence-electron chi connectivity index (χ0n) is 18.3. The molecule has 1 atom stereocenters. The normalized spacial score (nSPS) is 16.0. The van der Waals surface area contributed by atoms with Gasteiger partial charge in [-0.05, 0) is 36.2 Å². The Kier molecular flexibility index (Phi) is 5.31. The molecule has 3 aromatic carbocycles. The SMILES string of the molecule is COc1ccc(OC)c(-c2[nH]c3ccccc3c2[C@H]2CCC(=O)N2Cc2ccccc2)c1. The number of methoxy groups -OCH3 is 2. The third-order valence-electron chi connectivity index (χ3n) is 6.28. The summed E-state index contributed by atoms with van der Waals surface area (Å²) in [6.45, 7) is 0.596. The van der Waals surface area contributed by atoms with E-state index in [4.69, 9.17) is 9.47 Å². The van der Waals surface area contributed by atoms with Gasteiger partial charge in [0.25, 0.3) is 0 Å². The number of rotatable bonds is 6. The Hall–Kier alpha value is -3.73. The number of benzene rings is 3. The van der Waals surface area contributed by atoms with Crippen molar-refractivity contribution in [2.24, 2.45) is 0 Å². The molecule has 2 heterocycles. The monoisotopic (exact) mass is 426 g/mol. The molecule has 1 aromatic heterocycles. The Morgan fingerprint density at radius 1 is 0.969 bits per heavy atom. The van der Waals surface area contributed by atoms with Gasteiger partial charge in [0, 0.05) is 35.0 Å². The largest absolute Gasteiger partial charge is 0.497 e. The van der Waals surface area contributed by atoms with Crippen molar-refractivity contribution in [3.8, 4) is 22.8 Å². The first-order chi connectivity index (χ1) is 15.7. The Morgan fingerprint density at radius 2 is 1.75 bits per heavy atom. The number of amides is 1. The fourth-order valence-electron chi connectivity index (χ4n) is 4.74. The lowest BCUT2D eigenvalue weighted by atomic mass is 9.96. The molecule has 5 rings (SSSR count). The van der Waals surface area contributed by atoms with E-state index in [1.54, 1.807) is 14.2 Å². The van der Waals surface area contributed by atoms with E-state index in [1.807, 2.05) is 53.4 Å². The first-order valence-electron chi connectivity index (χ1n) is 10.9. The number of H-pyrrole nitrogens is 1. The van der Waals surface area contributed by atoms with Crippen LogP contribution in [0.3, 0.4) is 0 Å². The van der Waals surface area contributed by atoms with Gasteiger partial charge in [0.05, 0.1) is 26.0 Å². The summed E-state index contributed by atoms with van der Waals surface area (Å²) in [6.07, 6.45) is 1.33. The third kappa shape index (κ3) is 3.50. The molecule has 0 aliphatic carbocycles. The molecule has 32 heavy (non-hydrogen) atoms. The van der Waals surface area contributed by atoms with Gasteiger partial charge >= 0.3 is 0 Å². The van der Waals surface area contributed by atoms with Crippen molar-refractivity contribution in [2.75, 3.05) is 14.2 Å². The smallest absolute Gasteiger partial charge is 0.223 e. The number of likely N-dealkylation sites (tertiary alicyclic amines) is 1. The number of para-hydroxylation sites is 1. The number of nitrogens with one attached hydrogen (secondary N) is 1. The summed E-state index contributed by atoms with van der Waals surface area (Å²) in [7, 11) is 3.34. The van der Waals surface area contributed by atoms with E-state index in [9.17, 15) is 4.79 Å². The number of nitrogens with zero attached hydrogens (tertiary/aromatic N) is 1. The van der Waals surface area contributed by atoms with E-state index < -0.39 is 0 Å². The van der Waals surface area contributed by atoms with Crippen molar-refractivity contribution in [1.82, 2.24) is 9.88 Å². The maximum absolute atomic E-state index is 13.0. The number of aromatic amines is 1. The highest BCUT2D eigenvalue weighted by molar-refractivity contribution is 5.94. The predicted molar refractivity (Wildman–Crippen MR) is 126 cm³/mol. The number of hydrogen-bond donors (Lipinski definition) is 1. The van der Waals surface area contributed by atoms with Crippen LogP contribution in [0.25, 0.3) is 22.2 Å². The number of carbonyl (C=O) groups is 1.